The minimum atomic E-state index is -2.94. The molecule has 4 nitrogen and oxygen atoms in total. The largest absolute Gasteiger partial charge is 0.433 e. The molecule has 3 rings (SSSR count). The molecular weight excluding hydrogens is 326 g/mol. The number of alkyl halides is 2. The SMILES string of the molecule is Cc1cccc(OC(F)F)c1NC(=O)N1CC(C)(c2ccccc2)C1. The van der Waals surface area contributed by atoms with Crippen LogP contribution < -0.4 is 10.1 Å². The fourth-order valence-corrected chi connectivity index (χ4v) is 3.14. The average molecular weight is 346 g/mol. The maximum atomic E-state index is 12.5. The van der Waals surface area contributed by atoms with Gasteiger partial charge in [-0.25, -0.2) is 4.79 Å². The van der Waals surface area contributed by atoms with Gasteiger partial charge >= 0.3 is 12.6 Å². The summed E-state index contributed by atoms with van der Waals surface area (Å²) in [5, 5.41) is 2.70. The van der Waals surface area contributed by atoms with E-state index < -0.39 is 6.61 Å². The lowest BCUT2D eigenvalue weighted by Gasteiger charge is -2.48. The van der Waals surface area contributed by atoms with Crippen molar-refractivity contribution in [2.45, 2.75) is 25.9 Å². The van der Waals surface area contributed by atoms with Crippen molar-refractivity contribution in [3.63, 3.8) is 0 Å². The number of anilines is 1. The Morgan fingerprint density at radius 2 is 1.84 bits per heavy atom. The van der Waals surface area contributed by atoms with Crippen LogP contribution in [0.5, 0.6) is 5.75 Å². The minimum absolute atomic E-state index is 0.0327. The number of para-hydroxylation sites is 1. The molecule has 1 aliphatic heterocycles. The summed E-state index contributed by atoms with van der Waals surface area (Å²) in [6.45, 7) is 2.03. The molecule has 2 amide bonds. The predicted molar refractivity (Wildman–Crippen MR) is 92.2 cm³/mol. The van der Waals surface area contributed by atoms with Crippen LogP contribution in [-0.4, -0.2) is 30.6 Å². The van der Waals surface area contributed by atoms with Gasteiger partial charge in [-0.1, -0.05) is 49.4 Å². The second kappa shape index (κ2) is 6.70. The Labute approximate surface area is 145 Å². The number of amides is 2. The smallest absolute Gasteiger partial charge is 0.387 e. The first-order valence-corrected chi connectivity index (χ1v) is 8.05. The molecule has 1 fully saturated rings. The molecular formula is C19H20F2N2O2. The van der Waals surface area contributed by atoms with Gasteiger partial charge in [-0.05, 0) is 24.1 Å². The molecule has 0 saturated carbocycles. The van der Waals surface area contributed by atoms with Gasteiger partial charge in [0.1, 0.15) is 5.75 Å². The Hall–Kier alpha value is -2.63. The molecule has 2 aromatic rings. The van der Waals surface area contributed by atoms with E-state index in [4.69, 9.17) is 0 Å². The van der Waals surface area contributed by atoms with Crippen molar-refractivity contribution in [3.8, 4) is 5.75 Å². The number of carbonyl (C=O) groups excluding carboxylic acids is 1. The molecule has 1 aliphatic rings. The van der Waals surface area contributed by atoms with E-state index in [2.05, 4.69) is 17.0 Å². The summed E-state index contributed by atoms with van der Waals surface area (Å²) < 4.78 is 29.6. The van der Waals surface area contributed by atoms with Gasteiger partial charge in [-0.15, -0.1) is 0 Å². The van der Waals surface area contributed by atoms with Crippen LogP contribution in [0.1, 0.15) is 18.1 Å². The minimum Gasteiger partial charge on any atom is -0.433 e. The first-order valence-electron chi connectivity index (χ1n) is 8.05. The van der Waals surface area contributed by atoms with Gasteiger partial charge in [-0.3, -0.25) is 0 Å². The molecule has 0 atom stereocenters. The molecule has 0 aromatic heterocycles. The number of nitrogens with zero attached hydrogens (tertiary/aromatic N) is 1. The lowest BCUT2D eigenvalue weighted by Crippen LogP contribution is -2.60. The van der Waals surface area contributed by atoms with Gasteiger partial charge in [-0.2, -0.15) is 8.78 Å². The molecule has 1 heterocycles. The third-order valence-corrected chi connectivity index (χ3v) is 4.52. The average Bonchev–Trinajstić information content (AvgIpc) is 2.55. The molecule has 2 aromatic carbocycles. The molecule has 132 valence electrons. The standard InChI is InChI=1S/C19H20F2N2O2/c1-13-7-6-10-15(25-17(20)21)16(13)22-18(24)23-11-19(2,12-23)14-8-4-3-5-9-14/h3-10,17H,11-12H2,1-2H3,(H,22,24). The highest BCUT2D eigenvalue weighted by atomic mass is 19.3. The number of carbonyl (C=O) groups is 1. The third kappa shape index (κ3) is 3.57. The zero-order chi connectivity index (χ0) is 18.0. The first kappa shape index (κ1) is 17.2. The quantitative estimate of drug-likeness (QED) is 0.891. The van der Waals surface area contributed by atoms with Crippen molar-refractivity contribution in [1.82, 2.24) is 4.90 Å². The number of urea groups is 1. The van der Waals surface area contributed by atoms with Crippen LogP contribution in [0, 0.1) is 6.92 Å². The van der Waals surface area contributed by atoms with Gasteiger partial charge in [0.2, 0.25) is 0 Å². The molecule has 1 saturated heterocycles. The predicted octanol–water partition coefficient (Wildman–Crippen LogP) is 4.40. The van der Waals surface area contributed by atoms with Gasteiger partial charge < -0.3 is 15.0 Å². The summed E-state index contributed by atoms with van der Waals surface area (Å²) in [6, 6.07) is 14.4. The van der Waals surface area contributed by atoms with E-state index in [0.717, 1.165) is 0 Å². The summed E-state index contributed by atoms with van der Waals surface area (Å²) in [7, 11) is 0. The Bertz CT molecular complexity index is 759. The van der Waals surface area contributed by atoms with Crippen molar-refractivity contribution < 1.29 is 18.3 Å². The van der Waals surface area contributed by atoms with E-state index in [1.54, 1.807) is 24.0 Å². The summed E-state index contributed by atoms with van der Waals surface area (Å²) in [6.07, 6.45) is 0. The maximum Gasteiger partial charge on any atom is 0.387 e. The molecule has 1 N–H and O–H groups in total. The highest BCUT2D eigenvalue weighted by molar-refractivity contribution is 5.92. The van der Waals surface area contributed by atoms with Crippen LogP contribution in [0.4, 0.5) is 19.3 Å². The summed E-state index contributed by atoms with van der Waals surface area (Å²) in [5.41, 5.74) is 2.03. The third-order valence-electron chi connectivity index (χ3n) is 4.52. The molecule has 0 unspecified atom stereocenters. The van der Waals surface area contributed by atoms with Crippen LogP contribution in [0.2, 0.25) is 0 Å². The van der Waals surface area contributed by atoms with E-state index in [9.17, 15) is 13.6 Å². The zero-order valence-corrected chi connectivity index (χ0v) is 14.1. The van der Waals surface area contributed by atoms with Crippen LogP contribution in [0.25, 0.3) is 0 Å². The Morgan fingerprint density at radius 3 is 2.48 bits per heavy atom. The van der Waals surface area contributed by atoms with E-state index in [1.807, 2.05) is 30.3 Å². The van der Waals surface area contributed by atoms with E-state index in [0.29, 0.717) is 18.7 Å². The molecule has 0 spiro atoms. The molecule has 25 heavy (non-hydrogen) atoms. The monoisotopic (exact) mass is 346 g/mol. The van der Waals surface area contributed by atoms with Gasteiger partial charge in [0.15, 0.2) is 0 Å². The second-order valence-electron chi connectivity index (χ2n) is 6.54. The highest BCUT2D eigenvalue weighted by Crippen LogP contribution is 2.35. The van der Waals surface area contributed by atoms with Crippen LogP contribution in [-0.2, 0) is 5.41 Å². The van der Waals surface area contributed by atoms with E-state index >= 15 is 0 Å². The van der Waals surface area contributed by atoms with E-state index in [-0.39, 0.29) is 22.9 Å². The maximum absolute atomic E-state index is 12.5. The van der Waals surface area contributed by atoms with E-state index in [1.165, 1.54) is 11.6 Å². The summed E-state index contributed by atoms with van der Waals surface area (Å²) in [5.74, 6) is -0.0327. The van der Waals surface area contributed by atoms with Crippen LogP contribution in [0.15, 0.2) is 48.5 Å². The Balaban J connectivity index is 1.69. The fraction of sp³-hybridized carbons (Fsp3) is 0.316. The summed E-state index contributed by atoms with van der Waals surface area (Å²) in [4.78, 5) is 14.1. The normalized spacial score (nSPS) is 15.6. The number of likely N-dealkylation sites (tertiary alicyclic amines) is 1. The number of ether oxygens (including phenoxy) is 1. The number of nitrogens with one attached hydrogen (secondary N) is 1. The first-order chi connectivity index (χ1) is 11.9. The highest BCUT2D eigenvalue weighted by Gasteiger charge is 2.42. The number of rotatable bonds is 4. The van der Waals surface area contributed by atoms with Crippen molar-refractivity contribution in [1.29, 1.82) is 0 Å². The molecule has 0 bridgehead atoms. The number of hydrogen-bond donors (Lipinski definition) is 1. The Morgan fingerprint density at radius 1 is 1.16 bits per heavy atom. The molecule has 0 radical (unpaired) electrons. The number of halogens is 2. The van der Waals surface area contributed by atoms with Gasteiger partial charge in [0.25, 0.3) is 0 Å². The zero-order valence-electron chi connectivity index (χ0n) is 14.1. The van der Waals surface area contributed by atoms with Gasteiger partial charge in [0, 0.05) is 18.5 Å². The Kier molecular flexibility index (Phi) is 4.61. The summed E-state index contributed by atoms with van der Waals surface area (Å²) >= 11 is 0. The number of hydrogen-bond acceptors (Lipinski definition) is 2. The fourth-order valence-electron chi connectivity index (χ4n) is 3.14. The molecule has 0 aliphatic carbocycles. The van der Waals surface area contributed by atoms with Gasteiger partial charge in [0.05, 0.1) is 5.69 Å². The van der Waals surface area contributed by atoms with Crippen LogP contribution in [0.3, 0.4) is 0 Å². The number of benzene rings is 2. The topological polar surface area (TPSA) is 41.6 Å². The van der Waals surface area contributed by atoms with Crippen molar-refractivity contribution >= 4 is 11.7 Å². The van der Waals surface area contributed by atoms with Crippen molar-refractivity contribution in [2.24, 2.45) is 0 Å². The van der Waals surface area contributed by atoms with Crippen molar-refractivity contribution in [3.05, 3.63) is 59.7 Å². The number of aryl methyl sites for hydroxylation is 1. The van der Waals surface area contributed by atoms with Crippen molar-refractivity contribution in [2.75, 3.05) is 18.4 Å². The lowest BCUT2D eigenvalue weighted by atomic mass is 9.76. The molecule has 6 heteroatoms. The second-order valence-corrected chi connectivity index (χ2v) is 6.54. The lowest BCUT2D eigenvalue weighted by molar-refractivity contribution is -0.0493. The van der Waals surface area contributed by atoms with Crippen LogP contribution >= 0.6 is 0 Å².